The topological polar surface area (TPSA) is 90.6 Å². The van der Waals surface area contributed by atoms with Gasteiger partial charge in [0.25, 0.3) is 5.56 Å². The Hall–Kier alpha value is -3.26. The molecule has 0 atom stereocenters. The highest BCUT2D eigenvalue weighted by atomic mass is 16.5. The lowest BCUT2D eigenvalue weighted by molar-refractivity contribution is 0.0673. The summed E-state index contributed by atoms with van der Waals surface area (Å²) in [5.74, 6) is 0.618. The Morgan fingerprint density at radius 2 is 2.03 bits per heavy atom. The van der Waals surface area contributed by atoms with E-state index in [1.807, 2.05) is 52.8 Å². The molecule has 1 aliphatic heterocycles. The van der Waals surface area contributed by atoms with E-state index in [9.17, 15) is 4.79 Å². The first kappa shape index (κ1) is 17.8. The second-order valence-electron chi connectivity index (χ2n) is 7.39. The van der Waals surface area contributed by atoms with Gasteiger partial charge in [-0.25, -0.2) is 14.3 Å². The second-order valence-corrected chi connectivity index (χ2v) is 7.39. The Bertz CT molecular complexity index is 1220. The lowest BCUT2D eigenvalue weighted by Crippen LogP contribution is -2.21. The van der Waals surface area contributed by atoms with Crippen molar-refractivity contribution in [2.24, 2.45) is 0 Å². The fraction of sp³-hybridized carbons (Fsp3) is 0.333. The molecule has 4 aromatic rings. The molecule has 1 fully saturated rings. The number of aryl methyl sites for hydroxylation is 1. The van der Waals surface area contributed by atoms with E-state index in [0.29, 0.717) is 36.5 Å². The highest BCUT2D eigenvalue weighted by Crippen LogP contribution is 2.23. The Balaban J connectivity index is 1.54. The van der Waals surface area contributed by atoms with Crippen LogP contribution < -0.4 is 5.56 Å². The molecule has 0 aliphatic carbocycles. The van der Waals surface area contributed by atoms with Gasteiger partial charge in [0.2, 0.25) is 0 Å². The van der Waals surface area contributed by atoms with Crippen LogP contribution in [0.15, 0.2) is 47.5 Å². The predicted molar refractivity (Wildman–Crippen MR) is 108 cm³/mol. The maximum absolute atomic E-state index is 12.7. The number of H-pyrrole nitrogens is 1. The average molecular weight is 390 g/mol. The van der Waals surface area contributed by atoms with Gasteiger partial charge in [-0.3, -0.25) is 4.79 Å². The third-order valence-electron chi connectivity index (χ3n) is 5.37. The van der Waals surface area contributed by atoms with Crippen LogP contribution in [0.1, 0.15) is 36.0 Å². The molecule has 0 saturated carbocycles. The molecule has 5 rings (SSSR count). The number of hydrogen-bond acceptors (Lipinski definition) is 5. The minimum absolute atomic E-state index is 0.157. The first-order chi connectivity index (χ1) is 14.2. The monoisotopic (exact) mass is 390 g/mol. The summed E-state index contributed by atoms with van der Waals surface area (Å²) < 4.78 is 9.20. The molecule has 29 heavy (non-hydrogen) atoms. The Morgan fingerprint density at radius 3 is 2.83 bits per heavy atom. The molecular weight excluding hydrogens is 368 g/mol. The molecule has 4 heterocycles. The van der Waals surface area contributed by atoms with Gasteiger partial charge in [-0.15, -0.1) is 0 Å². The van der Waals surface area contributed by atoms with E-state index in [4.69, 9.17) is 9.72 Å². The van der Waals surface area contributed by atoms with Crippen molar-refractivity contribution in [3.8, 4) is 5.69 Å². The Morgan fingerprint density at radius 1 is 1.21 bits per heavy atom. The van der Waals surface area contributed by atoms with Crippen LogP contribution in [0.4, 0.5) is 0 Å². The van der Waals surface area contributed by atoms with E-state index in [-0.39, 0.29) is 11.6 Å². The number of hydrogen-bond donors (Lipinski definition) is 1. The van der Waals surface area contributed by atoms with Crippen LogP contribution in [0.5, 0.6) is 0 Å². The first-order valence-electron chi connectivity index (χ1n) is 9.84. The molecule has 0 bridgehead atoms. The van der Waals surface area contributed by atoms with Crippen LogP contribution in [-0.4, -0.2) is 42.7 Å². The number of rotatable bonds is 4. The zero-order chi connectivity index (χ0) is 19.8. The lowest BCUT2D eigenvalue weighted by atomic mass is 10.1. The SMILES string of the molecule is Cc1ccn(-c2ccccc2Cc2nc3c(cnn3C3CCOCC3)c(=O)[nH]2)n1. The minimum Gasteiger partial charge on any atom is -0.381 e. The Labute approximate surface area is 167 Å². The van der Waals surface area contributed by atoms with Crippen LogP contribution in [0.25, 0.3) is 16.7 Å². The zero-order valence-corrected chi connectivity index (χ0v) is 16.2. The van der Waals surface area contributed by atoms with Crippen molar-refractivity contribution in [3.05, 3.63) is 70.2 Å². The molecule has 3 aromatic heterocycles. The van der Waals surface area contributed by atoms with Crippen molar-refractivity contribution < 1.29 is 4.74 Å². The average Bonchev–Trinajstić information content (AvgIpc) is 3.36. The standard InChI is InChI=1S/C21H22N6O2/c1-14-6-9-26(25-14)18-5-3-2-4-15(18)12-19-23-20-17(21(28)24-19)13-22-27(20)16-7-10-29-11-8-16/h2-6,9,13,16H,7-8,10-12H2,1H3,(H,23,24,28). The van der Waals surface area contributed by atoms with Gasteiger partial charge in [-0.1, -0.05) is 18.2 Å². The van der Waals surface area contributed by atoms with Crippen molar-refractivity contribution in [2.75, 3.05) is 13.2 Å². The highest BCUT2D eigenvalue weighted by Gasteiger charge is 2.21. The molecule has 1 saturated heterocycles. The van der Waals surface area contributed by atoms with Crippen molar-refractivity contribution >= 4 is 11.0 Å². The maximum Gasteiger partial charge on any atom is 0.262 e. The summed E-state index contributed by atoms with van der Waals surface area (Å²) in [6.45, 7) is 3.38. The van der Waals surface area contributed by atoms with Crippen LogP contribution in [-0.2, 0) is 11.2 Å². The van der Waals surface area contributed by atoms with Crippen molar-refractivity contribution in [1.29, 1.82) is 0 Å². The van der Waals surface area contributed by atoms with Gasteiger partial charge in [0, 0.05) is 25.8 Å². The van der Waals surface area contributed by atoms with E-state index >= 15 is 0 Å². The molecule has 0 amide bonds. The molecule has 1 aliphatic rings. The number of nitrogens with zero attached hydrogens (tertiary/aromatic N) is 5. The third-order valence-corrected chi connectivity index (χ3v) is 5.37. The normalized spacial score (nSPS) is 15.2. The van der Waals surface area contributed by atoms with E-state index < -0.39 is 0 Å². The number of fused-ring (bicyclic) bond motifs is 1. The fourth-order valence-corrected chi connectivity index (χ4v) is 3.88. The quantitative estimate of drug-likeness (QED) is 0.578. The van der Waals surface area contributed by atoms with Gasteiger partial charge in [-0.2, -0.15) is 10.2 Å². The van der Waals surface area contributed by atoms with E-state index in [2.05, 4.69) is 15.2 Å². The van der Waals surface area contributed by atoms with Gasteiger partial charge >= 0.3 is 0 Å². The summed E-state index contributed by atoms with van der Waals surface area (Å²) in [6, 6.07) is 10.2. The molecular formula is C21H22N6O2. The van der Waals surface area contributed by atoms with Gasteiger partial charge in [0.05, 0.1) is 23.6 Å². The third kappa shape index (κ3) is 3.36. The van der Waals surface area contributed by atoms with E-state index in [1.54, 1.807) is 6.20 Å². The van der Waals surface area contributed by atoms with Crippen molar-refractivity contribution in [3.63, 3.8) is 0 Å². The van der Waals surface area contributed by atoms with Crippen LogP contribution in [0.2, 0.25) is 0 Å². The van der Waals surface area contributed by atoms with Crippen LogP contribution in [0, 0.1) is 6.92 Å². The fourth-order valence-electron chi connectivity index (χ4n) is 3.88. The molecule has 148 valence electrons. The van der Waals surface area contributed by atoms with Gasteiger partial charge in [0.1, 0.15) is 11.2 Å². The summed E-state index contributed by atoms with van der Waals surface area (Å²) in [5, 5.41) is 9.50. The number of para-hydroxylation sites is 1. The number of ether oxygens (including phenoxy) is 1. The zero-order valence-electron chi connectivity index (χ0n) is 16.2. The summed E-state index contributed by atoms with van der Waals surface area (Å²) in [4.78, 5) is 20.4. The summed E-state index contributed by atoms with van der Waals surface area (Å²) in [6.07, 6.45) is 5.80. The summed E-state index contributed by atoms with van der Waals surface area (Å²) >= 11 is 0. The molecule has 0 spiro atoms. The first-order valence-corrected chi connectivity index (χ1v) is 9.84. The van der Waals surface area contributed by atoms with E-state index in [0.717, 1.165) is 29.8 Å². The van der Waals surface area contributed by atoms with Crippen molar-refractivity contribution in [1.82, 2.24) is 29.5 Å². The molecule has 0 radical (unpaired) electrons. The molecule has 1 N–H and O–H groups in total. The van der Waals surface area contributed by atoms with Crippen LogP contribution >= 0.6 is 0 Å². The number of aromatic amines is 1. The highest BCUT2D eigenvalue weighted by molar-refractivity contribution is 5.73. The van der Waals surface area contributed by atoms with Gasteiger partial charge in [-0.05, 0) is 37.5 Å². The number of benzene rings is 1. The molecule has 1 aromatic carbocycles. The largest absolute Gasteiger partial charge is 0.381 e. The lowest BCUT2D eigenvalue weighted by Gasteiger charge is -2.22. The molecule has 8 heteroatoms. The predicted octanol–water partition coefficient (Wildman–Crippen LogP) is 2.56. The number of nitrogens with one attached hydrogen (secondary N) is 1. The van der Waals surface area contributed by atoms with Gasteiger partial charge < -0.3 is 9.72 Å². The van der Waals surface area contributed by atoms with Crippen molar-refractivity contribution in [2.45, 2.75) is 32.2 Å². The molecule has 8 nitrogen and oxygen atoms in total. The van der Waals surface area contributed by atoms with Crippen LogP contribution in [0.3, 0.4) is 0 Å². The van der Waals surface area contributed by atoms with E-state index in [1.165, 1.54) is 0 Å². The molecule has 0 unspecified atom stereocenters. The minimum atomic E-state index is -0.157. The second kappa shape index (κ2) is 7.29. The van der Waals surface area contributed by atoms with Gasteiger partial charge in [0.15, 0.2) is 5.65 Å². The Kier molecular flexibility index (Phi) is 4.48. The summed E-state index contributed by atoms with van der Waals surface area (Å²) in [7, 11) is 0. The maximum atomic E-state index is 12.7. The smallest absolute Gasteiger partial charge is 0.262 e. The summed E-state index contributed by atoms with van der Waals surface area (Å²) in [5.41, 5.74) is 3.45. The number of aromatic nitrogens is 6.